The number of amides is 1. The van der Waals surface area contributed by atoms with Crippen LogP contribution in [0.25, 0.3) is 0 Å². The van der Waals surface area contributed by atoms with Crippen molar-refractivity contribution in [3.63, 3.8) is 0 Å². The Morgan fingerprint density at radius 1 is 1.30 bits per heavy atom. The average molecular weight is 389 g/mol. The molecule has 0 spiro atoms. The second-order valence-electron chi connectivity index (χ2n) is 6.97. The van der Waals surface area contributed by atoms with Crippen molar-refractivity contribution < 1.29 is 9.53 Å². The van der Waals surface area contributed by atoms with E-state index in [1.165, 1.54) is 30.2 Å². The first-order valence-corrected chi connectivity index (χ1v) is 10.6. The minimum absolute atomic E-state index is 0.0748. The number of aromatic nitrogens is 3. The predicted molar refractivity (Wildman–Crippen MR) is 107 cm³/mol. The van der Waals surface area contributed by atoms with Gasteiger partial charge in [0.05, 0.1) is 5.75 Å². The van der Waals surface area contributed by atoms with Gasteiger partial charge in [0.15, 0.2) is 11.0 Å². The van der Waals surface area contributed by atoms with Gasteiger partial charge in [-0.15, -0.1) is 10.2 Å². The van der Waals surface area contributed by atoms with Crippen molar-refractivity contribution >= 4 is 17.7 Å². The van der Waals surface area contributed by atoms with Gasteiger partial charge in [-0.05, 0) is 50.8 Å². The van der Waals surface area contributed by atoms with E-state index in [-0.39, 0.29) is 5.91 Å². The van der Waals surface area contributed by atoms with Gasteiger partial charge in [0, 0.05) is 12.6 Å². The van der Waals surface area contributed by atoms with Crippen molar-refractivity contribution in [3.05, 3.63) is 35.2 Å². The van der Waals surface area contributed by atoms with Gasteiger partial charge in [-0.2, -0.15) is 0 Å². The highest BCUT2D eigenvalue weighted by molar-refractivity contribution is 7.99. The monoisotopic (exact) mass is 388 g/mol. The van der Waals surface area contributed by atoms with Crippen LogP contribution in [-0.4, -0.2) is 32.5 Å². The van der Waals surface area contributed by atoms with Gasteiger partial charge < -0.3 is 14.6 Å². The van der Waals surface area contributed by atoms with Gasteiger partial charge in [-0.25, -0.2) is 0 Å². The molecule has 1 saturated carbocycles. The molecule has 1 aliphatic carbocycles. The zero-order chi connectivity index (χ0) is 19.2. The first kappa shape index (κ1) is 19.7. The molecule has 146 valence electrons. The molecule has 3 rings (SSSR count). The van der Waals surface area contributed by atoms with E-state index in [9.17, 15) is 4.79 Å². The molecule has 1 aromatic heterocycles. The van der Waals surface area contributed by atoms with Crippen LogP contribution in [0, 0.1) is 13.8 Å². The summed E-state index contributed by atoms with van der Waals surface area (Å²) in [5.74, 6) is 2.08. The molecule has 0 bridgehead atoms. The van der Waals surface area contributed by atoms with E-state index in [2.05, 4.69) is 35.4 Å². The summed E-state index contributed by atoms with van der Waals surface area (Å²) in [4.78, 5) is 12.1. The highest BCUT2D eigenvalue weighted by Gasteiger charge is 2.18. The lowest BCUT2D eigenvalue weighted by atomic mass is 10.1. The third-order valence-corrected chi connectivity index (χ3v) is 6.04. The topological polar surface area (TPSA) is 69.0 Å². The Hall–Kier alpha value is -2.02. The number of hydrogen-bond donors (Lipinski definition) is 1. The number of nitrogens with one attached hydrogen (secondary N) is 1. The largest absolute Gasteiger partial charge is 0.485 e. The summed E-state index contributed by atoms with van der Waals surface area (Å²) in [5.41, 5.74) is 2.34. The molecule has 0 atom stereocenters. The Morgan fingerprint density at radius 3 is 2.81 bits per heavy atom. The first-order chi connectivity index (χ1) is 13.1. The molecule has 1 heterocycles. The molecular weight excluding hydrogens is 360 g/mol. The van der Waals surface area contributed by atoms with Crippen LogP contribution in [0.5, 0.6) is 5.75 Å². The Bertz CT molecular complexity index is 784. The molecule has 1 amide bonds. The maximum Gasteiger partial charge on any atom is 0.230 e. The molecule has 0 radical (unpaired) electrons. The molecule has 0 saturated heterocycles. The number of carbonyl (C=O) groups excluding carboxylic acids is 1. The van der Waals surface area contributed by atoms with Crippen LogP contribution >= 0.6 is 11.8 Å². The lowest BCUT2D eigenvalue weighted by Gasteiger charge is -2.12. The summed E-state index contributed by atoms with van der Waals surface area (Å²) >= 11 is 1.43. The Morgan fingerprint density at radius 2 is 2.07 bits per heavy atom. The number of nitrogens with zero attached hydrogens (tertiary/aromatic N) is 3. The van der Waals surface area contributed by atoms with Gasteiger partial charge >= 0.3 is 0 Å². The second-order valence-corrected chi connectivity index (χ2v) is 7.91. The maximum absolute atomic E-state index is 12.1. The van der Waals surface area contributed by atoms with E-state index in [1.807, 2.05) is 23.6 Å². The summed E-state index contributed by atoms with van der Waals surface area (Å²) in [6.07, 6.45) is 4.63. The normalized spacial score (nSPS) is 14.5. The molecule has 1 aromatic carbocycles. The highest BCUT2D eigenvalue weighted by Crippen LogP contribution is 2.23. The van der Waals surface area contributed by atoms with Crippen LogP contribution in [0.15, 0.2) is 23.4 Å². The van der Waals surface area contributed by atoms with Crippen molar-refractivity contribution in [1.82, 2.24) is 20.1 Å². The van der Waals surface area contributed by atoms with Gasteiger partial charge in [0.1, 0.15) is 12.4 Å². The van der Waals surface area contributed by atoms with Crippen LogP contribution in [0.3, 0.4) is 0 Å². The quantitative estimate of drug-likeness (QED) is 0.699. The lowest BCUT2D eigenvalue weighted by Crippen LogP contribution is -2.33. The predicted octanol–water partition coefficient (Wildman–Crippen LogP) is 3.64. The number of thioether (sulfide) groups is 1. The van der Waals surface area contributed by atoms with E-state index in [0.29, 0.717) is 18.4 Å². The molecule has 2 aromatic rings. The van der Waals surface area contributed by atoms with Gasteiger partial charge in [0.2, 0.25) is 5.91 Å². The molecule has 1 fully saturated rings. The minimum atomic E-state index is 0.0748. The van der Waals surface area contributed by atoms with Crippen molar-refractivity contribution in [2.45, 2.75) is 70.8 Å². The van der Waals surface area contributed by atoms with Gasteiger partial charge in [-0.1, -0.05) is 36.7 Å². The van der Waals surface area contributed by atoms with E-state index in [0.717, 1.165) is 41.7 Å². The Balaban J connectivity index is 1.57. The Kier molecular flexibility index (Phi) is 6.77. The number of rotatable bonds is 8. The standard InChI is InChI=1S/C20H28N4O2S/c1-4-24-18(12-26-17-11-7-8-14(2)15(17)3)22-23-20(24)27-13-19(25)21-16-9-5-6-10-16/h7-8,11,16H,4-6,9-10,12-13H2,1-3H3,(H,21,25). The van der Waals surface area contributed by atoms with Crippen molar-refractivity contribution in [3.8, 4) is 5.75 Å². The third-order valence-electron chi connectivity index (χ3n) is 5.07. The molecule has 0 unspecified atom stereocenters. The molecular formula is C20H28N4O2S. The molecule has 6 nitrogen and oxygen atoms in total. The van der Waals surface area contributed by atoms with Crippen LogP contribution in [0.1, 0.15) is 49.6 Å². The Labute approximate surface area is 165 Å². The number of hydrogen-bond acceptors (Lipinski definition) is 5. The minimum Gasteiger partial charge on any atom is -0.485 e. The third kappa shape index (κ3) is 5.03. The van der Waals surface area contributed by atoms with Crippen molar-refractivity contribution in [1.29, 1.82) is 0 Å². The molecule has 0 aliphatic heterocycles. The average Bonchev–Trinajstić information content (AvgIpc) is 3.30. The molecule has 1 aliphatic rings. The number of carbonyl (C=O) groups is 1. The summed E-state index contributed by atoms with van der Waals surface area (Å²) in [6, 6.07) is 6.38. The number of ether oxygens (including phenoxy) is 1. The fraction of sp³-hybridized carbons (Fsp3) is 0.550. The summed E-state index contributed by atoms with van der Waals surface area (Å²) in [7, 11) is 0. The first-order valence-electron chi connectivity index (χ1n) is 9.61. The van der Waals surface area contributed by atoms with Crippen LogP contribution in [0.2, 0.25) is 0 Å². The van der Waals surface area contributed by atoms with Crippen molar-refractivity contribution in [2.75, 3.05) is 5.75 Å². The number of aryl methyl sites for hydroxylation is 1. The zero-order valence-electron chi connectivity index (χ0n) is 16.3. The maximum atomic E-state index is 12.1. The van der Waals surface area contributed by atoms with E-state index in [1.54, 1.807) is 0 Å². The molecule has 27 heavy (non-hydrogen) atoms. The smallest absolute Gasteiger partial charge is 0.230 e. The fourth-order valence-electron chi connectivity index (χ4n) is 3.34. The van der Waals surface area contributed by atoms with E-state index in [4.69, 9.17) is 4.74 Å². The SMILES string of the molecule is CCn1c(COc2cccc(C)c2C)nnc1SCC(=O)NC1CCCC1. The zero-order valence-corrected chi connectivity index (χ0v) is 17.1. The fourth-order valence-corrected chi connectivity index (χ4v) is 4.18. The van der Waals surface area contributed by atoms with Crippen LogP contribution in [-0.2, 0) is 17.9 Å². The molecule has 1 N–H and O–H groups in total. The second kappa shape index (κ2) is 9.26. The molecule has 7 heteroatoms. The van der Waals surface area contributed by atoms with Gasteiger partial charge in [0.25, 0.3) is 0 Å². The summed E-state index contributed by atoms with van der Waals surface area (Å²) in [6.45, 7) is 7.28. The van der Waals surface area contributed by atoms with Crippen molar-refractivity contribution in [2.24, 2.45) is 0 Å². The van der Waals surface area contributed by atoms with E-state index >= 15 is 0 Å². The van der Waals surface area contributed by atoms with Crippen LogP contribution in [0.4, 0.5) is 0 Å². The van der Waals surface area contributed by atoms with Crippen LogP contribution < -0.4 is 10.1 Å². The highest BCUT2D eigenvalue weighted by atomic mass is 32.2. The van der Waals surface area contributed by atoms with E-state index < -0.39 is 0 Å². The lowest BCUT2D eigenvalue weighted by molar-refractivity contribution is -0.119. The summed E-state index contributed by atoms with van der Waals surface area (Å²) in [5, 5.41) is 12.4. The summed E-state index contributed by atoms with van der Waals surface area (Å²) < 4.78 is 7.97. The number of benzene rings is 1. The van der Waals surface area contributed by atoms with Gasteiger partial charge in [-0.3, -0.25) is 4.79 Å².